The molecule has 0 aromatic carbocycles. The molecule has 0 spiro atoms. The van der Waals surface area contributed by atoms with Crippen LogP contribution in [0.25, 0.3) is 0 Å². The fourth-order valence-electron chi connectivity index (χ4n) is 2.50. The minimum atomic E-state index is -0.150. The van der Waals surface area contributed by atoms with Crippen LogP contribution in [0.4, 0.5) is 0 Å². The van der Waals surface area contributed by atoms with Crippen molar-refractivity contribution >= 4 is 30.7 Å². The molecule has 23 heavy (non-hydrogen) atoms. The molecule has 1 fully saturated rings. The van der Waals surface area contributed by atoms with Crippen LogP contribution in [0, 0.1) is 5.92 Å². The molecule has 1 amide bonds. The summed E-state index contributed by atoms with van der Waals surface area (Å²) in [6, 6.07) is 1.67. The standard InChI is InChI=1S/C15H25N3O3.2ClH/c1-11(2)8-18-3-4-20-14(9-18)7-17-15(19)12-5-13(6-16)21-10-12;;/h5,10-11,14H,3-4,6-9,16H2,1-2H3,(H,17,19);2*1H. The maximum Gasteiger partial charge on any atom is 0.254 e. The van der Waals surface area contributed by atoms with E-state index in [1.807, 2.05) is 0 Å². The van der Waals surface area contributed by atoms with E-state index in [1.54, 1.807) is 6.07 Å². The third-order valence-electron chi connectivity index (χ3n) is 3.45. The number of nitrogens with zero attached hydrogens (tertiary/aromatic N) is 1. The van der Waals surface area contributed by atoms with Crippen molar-refractivity contribution in [1.29, 1.82) is 0 Å². The summed E-state index contributed by atoms with van der Waals surface area (Å²) in [7, 11) is 0. The molecular formula is C15H27Cl2N3O3. The number of carbonyl (C=O) groups is 1. The molecule has 3 N–H and O–H groups in total. The van der Waals surface area contributed by atoms with Crippen LogP contribution in [0.15, 0.2) is 16.7 Å². The van der Waals surface area contributed by atoms with Crippen LogP contribution in [0.3, 0.4) is 0 Å². The predicted molar refractivity (Wildman–Crippen MR) is 94.4 cm³/mol. The van der Waals surface area contributed by atoms with E-state index in [2.05, 4.69) is 24.1 Å². The number of hydrogen-bond donors (Lipinski definition) is 2. The Bertz CT molecular complexity index is 469. The third-order valence-corrected chi connectivity index (χ3v) is 3.45. The number of ether oxygens (including phenoxy) is 1. The maximum atomic E-state index is 12.0. The van der Waals surface area contributed by atoms with Crippen LogP contribution in [0.5, 0.6) is 0 Å². The Hall–Kier alpha value is -0.790. The molecule has 1 aromatic heterocycles. The number of nitrogens with one attached hydrogen (secondary N) is 1. The summed E-state index contributed by atoms with van der Waals surface area (Å²) in [5.41, 5.74) is 5.96. The highest BCUT2D eigenvalue weighted by Crippen LogP contribution is 2.09. The number of hydrogen-bond acceptors (Lipinski definition) is 5. The first kappa shape index (κ1) is 22.2. The van der Waals surface area contributed by atoms with Gasteiger partial charge in [0.05, 0.1) is 24.8 Å². The molecule has 0 aliphatic carbocycles. The zero-order chi connectivity index (χ0) is 15.2. The van der Waals surface area contributed by atoms with Crippen molar-refractivity contribution in [2.75, 3.05) is 32.8 Å². The van der Waals surface area contributed by atoms with E-state index in [4.69, 9.17) is 14.9 Å². The van der Waals surface area contributed by atoms with Crippen LogP contribution in [0.2, 0.25) is 0 Å². The molecule has 1 saturated heterocycles. The Labute approximate surface area is 149 Å². The van der Waals surface area contributed by atoms with E-state index >= 15 is 0 Å². The third kappa shape index (κ3) is 7.10. The quantitative estimate of drug-likeness (QED) is 0.799. The van der Waals surface area contributed by atoms with E-state index in [9.17, 15) is 4.79 Å². The molecule has 0 radical (unpaired) electrons. The zero-order valence-electron chi connectivity index (χ0n) is 13.6. The van der Waals surface area contributed by atoms with Gasteiger partial charge in [0.15, 0.2) is 0 Å². The summed E-state index contributed by atoms with van der Waals surface area (Å²) in [5, 5.41) is 2.89. The largest absolute Gasteiger partial charge is 0.467 e. The van der Waals surface area contributed by atoms with E-state index in [0.29, 0.717) is 30.3 Å². The molecule has 8 heteroatoms. The molecule has 6 nitrogen and oxygen atoms in total. The molecule has 1 atom stereocenters. The van der Waals surface area contributed by atoms with Crippen molar-refractivity contribution in [1.82, 2.24) is 10.2 Å². The molecule has 0 bridgehead atoms. The van der Waals surface area contributed by atoms with Crippen molar-refractivity contribution in [3.05, 3.63) is 23.7 Å². The minimum Gasteiger partial charge on any atom is -0.467 e. The fraction of sp³-hybridized carbons (Fsp3) is 0.667. The van der Waals surface area contributed by atoms with Gasteiger partial charge in [0, 0.05) is 26.2 Å². The molecular weight excluding hydrogens is 341 g/mol. The summed E-state index contributed by atoms with van der Waals surface area (Å²) in [4.78, 5) is 14.4. The highest BCUT2D eigenvalue weighted by atomic mass is 35.5. The first-order chi connectivity index (χ1) is 10.1. The lowest BCUT2D eigenvalue weighted by Gasteiger charge is -2.33. The molecule has 0 saturated carbocycles. The Morgan fingerprint density at radius 1 is 1.48 bits per heavy atom. The summed E-state index contributed by atoms with van der Waals surface area (Å²) in [6.45, 7) is 8.83. The van der Waals surface area contributed by atoms with Gasteiger partial charge < -0.3 is 20.2 Å². The topological polar surface area (TPSA) is 80.7 Å². The molecule has 2 rings (SSSR count). The molecule has 134 valence electrons. The van der Waals surface area contributed by atoms with Gasteiger partial charge in [0.2, 0.25) is 0 Å². The first-order valence-electron chi connectivity index (χ1n) is 7.48. The van der Waals surface area contributed by atoms with Gasteiger partial charge in [-0.25, -0.2) is 0 Å². The number of amides is 1. The monoisotopic (exact) mass is 367 g/mol. The highest BCUT2D eigenvalue weighted by Gasteiger charge is 2.21. The van der Waals surface area contributed by atoms with Gasteiger partial charge in [-0.05, 0) is 12.0 Å². The molecule has 1 aliphatic rings. The number of carbonyl (C=O) groups excluding carboxylic acids is 1. The second kappa shape index (κ2) is 10.9. The lowest BCUT2D eigenvalue weighted by molar-refractivity contribution is -0.0295. The van der Waals surface area contributed by atoms with Gasteiger partial charge in [0.1, 0.15) is 12.0 Å². The van der Waals surface area contributed by atoms with Gasteiger partial charge in [-0.3, -0.25) is 9.69 Å². The van der Waals surface area contributed by atoms with Crippen molar-refractivity contribution < 1.29 is 13.9 Å². The molecule has 1 aromatic rings. The maximum absolute atomic E-state index is 12.0. The smallest absolute Gasteiger partial charge is 0.254 e. The van der Waals surface area contributed by atoms with Crippen molar-refractivity contribution in [2.24, 2.45) is 11.7 Å². The minimum absolute atomic E-state index is 0. The van der Waals surface area contributed by atoms with E-state index < -0.39 is 0 Å². The molecule has 1 unspecified atom stereocenters. The van der Waals surface area contributed by atoms with Gasteiger partial charge in [0.25, 0.3) is 5.91 Å². The number of furan rings is 1. The van der Waals surface area contributed by atoms with Crippen molar-refractivity contribution in [3.8, 4) is 0 Å². The van der Waals surface area contributed by atoms with E-state index in [1.165, 1.54) is 6.26 Å². The summed E-state index contributed by atoms with van der Waals surface area (Å²) in [5.74, 6) is 1.10. The highest BCUT2D eigenvalue weighted by molar-refractivity contribution is 5.93. The number of morpholine rings is 1. The Kier molecular flexibility index (Phi) is 10.5. The zero-order valence-corrected chi connectivity index (χ0v) is 15.3. The van der Waals surface area contributed by atoms with Crippen LogP contribution < -0.4 is 11.1 Å². The van der Waals surface area contributed by atoms with E-state index in [0.717, 1.165) is 26.2 Å². The second-order valence-electron chi connectivity index (χ2n) is 5.86. The van der Waals surface area contributed by atoms with Crippen LogP contribution in [-0.4, -0.2) is 49.7 Å². The second-order valence-corrected chi connectivity index (χ2v) is 5.86. The van der Waals surface area contributed by atoms with Crippen LogP contribution in [-0.2, 0) is 11.3 Å². The molecule has 1 aliphatic heterocycles. The summed E-state index contributed by atoms with van der Waals surface area (Å²) in [6.07, 6.45) is 1.48. The fourth-order valence-corrected chi connectivity index (χ4v) is 2.50. The van der Waals surface area contributed by atoms with E-state index in [-0.39, 0.29) is 36.8 Å². The average Bonchev–Trinajstić information content (AvgIpc) is 2.93. The van der Waals surface area contributed by atoms with Gasteiger partial charge in [-0.1, -0.05) is 13.8 Å². The van der Waals surface area contributed by atoms with Crippen molar-refractivity contribution in [3.63, 3.8) is 0 Å². The van der Waals surface area contributed by atoms with Gasteiger partial charge in [-0.15, -0.1) is 24.8 Å². The average molecular weight is 368 g/mol. The Balaban J connectivity index is 0.00000242. The first-order valence-corrected chi connectivity index (χ1v) is 7.48. The summed E-state index contributed by atoms with van der Waals surface area (Å²) < 4.78 is 10.9. The van der Waals surface area contributed by atoms with Crippen molar-refractivity contribution in [2.45, 2.75) is 26.5 Å². The number of rotatable bonds is 6. The molecule has 2 heterocycles. The number of nitrogens with two attached hydrogens (primary N) is 1. The van der Waals surface area contributed by atoms with Gasteiger partial charge >= 0.3 is 0 Å². The SMILES string of the molecule is CC(C)CN1CCOC(CNC(=O)c2coc(CN)c2)C1.Cl.Cl. The van der Waals surface area contributed by atoms with Gasteiger partial charge in [-0.2, -0.15) is 0 Å². The number of halogens is 2. The Morgan fingerprint density at radius 3 is 2.83 bits per heavy atom. The van der Waals surface area contributed by atoms with Crippen LogP contribution >= 0.6 is 24.8 Å². The predicted octanol–water partition coefficient (Wildman–Crippen LogP) is 1.67. The normalized spacial score (nSPS) is 18.2. The lowest BCUT2D eigenvalue weighted by atomic mass is 10.2. The lowest BCUT2D eigenvalue weighted by Crippen LogP contribution is -2.48. The summed E-state index contributed by atoms with van der Waals surface area (Å²) >= 11 is 0. The Morgan fingerprint density at radius 2 is 2.22 bits per heavy atom. The van der Waals surface area contributed by atoms with Crippen LogP contribution in [0.1, 0.15) is 30.0 Å².